The molecule has 1 unspecified atom stereocenters. The van der Waals surface area contributed by atoms with Crippen LogP contribution in [0.1, 0.15) is 35.9 Å². The minimum absolute atomic E-state index is 0.184. The van der Waals surface area contributed by atoms with Gasteiger partial charge in [0, 0.05) is 22.6 Å². The van der Waals surface area contributed by atoms with E-state index in [-0.39, 0.29) is 11.9 Å². The number of fused-ring (bicyclic) bond motifs is 1. The molecule has 3 aromatic rings. The first-order chi connectivity index (χ1) is 11.3. The number of benzene rings is 1. The Morgan fingerprint density at radius 2 is 2.13 bits per heavy atom. The molecule has 1 fully saturated rings. The first-order valence-corrected chi connectivity index (χ1v) is 9.09. The number of aromatic nitrogens is 1. The summed E-state index contributed by atoms with van der Waals surface area (Å²) in [5.74, 6) is 0.246. The van der Waals surface area contributed by atoms with Crippen LogP contribution in [0.4, 0.5) is 0 Å². The number of piperidine rings is 1. The van der Waals surface area contributed by atoms with E-state index >= 15 is 0 Å². The van der Waals surface area contributed by atoms with Gasteiger partial charge in [0.25, 0.3) is 0 Å². The monoisotopic (exact) mass is 324 g/mol. The quantitative estimate of drug-likeness (QED) is 0.755. The number of hydrogen-bond acceptors (Lipinski definition) is 2. The maximum absolute atomic E-state index is 12.8. The van der Waals surface area contributed by atoms with Crippen molar-refractivity contribution in [2.24, 2.45) is 0 Å². The van der Waals surface area contributed by atoms with Crippen molar-refractivity contribution in [1.29, 1.82) is 0 Å². The zero-order chi connectivity index (χ0) is 15.6. The molecule has 3 heterocycles. The highest BCUT2D eigenvalue weighted by Gasteiger charge is 2.29. The van der Waals surface area contributed by atoms with Gasteiger partial charge in [-0.1, -0.05) is 24.3 Å². The van der Waals surface area contributed by atoms with E-state index in [1.807, 2.05) is 23.6 Å². The number of likely N-dealkylation sites (tertiary alicyclic amines) is 1. The van der Waals surface area contributed by atoms with Crippen LogP contribution in [0.2, 0.25) is 0 Å². The number of carbonyl (C=O) groups is 1. The Kier molecular flexibility index (Phi) is 3.92. The molecule has 1 N–H and O–H groups in total. The van der Waals surface area contributed by atoms with E-state index in [1.54, 1.807) is 11.3 Å². The third kappa shape index (κ3) is 2.91. The molecule has 3 nitrogen and oxygen atoms in total. The largest absolute Gasteiger partial charge is 0.357 e. The number of thiophene rings is 1. The van der Waals surface area contributed by atoms with Gasteiger partial charge in [0.05, 0.1) is 12.5 Å². The fourth-order valence-electron chi connectivity index (χ4n) is 3.49. The highest BCUT2D eigenvalue weighted by atomic mass is 32.1. The summed E-state index contributed by atoms with van der Waals surface area (Å²) in [4.78, 5) is 19.5. The van der Waals surface area contributed by atoms with E-state index in [4.69, 9.17) is 0 Å². The minimum atomic E-state index is 0.184. The number of nitrogens with one attached hydrogen (secondary N) is 1. The Morgan fingerprint density at radius 3 is 2.96 bits per heavy atom. The van der Waals surface area contributed by atoms with Gasteiger partial charge < -0.3 is 9.88 Å². The Morgan fingerprint density at radius 1 is 1.22 bits per heavy atom. The molecule has 1 atom stereocenters. The van der Waals surface area contributed by atoms with Crippen molar-refractivity contribution in [3.63, 3.8) is 0 Å². The lowest BCUT2D eigenvalue weighted by atomic mass is 9.98. The van der Waals surface area contributed by atoms with Crippen LogP contribution in [0.5, 0.6) is 0 Å². The second-order valence-corrected chi connectivity index (χ2v) is 7.20. The highest BCUT2D eigenvalue weighted by molar-refractivity contribution is 7.10. The van der Waals surface area contributed by atoms with Crippen LogP contribution in [-0.2, 0) is 11.2 Å². The van der Waals surface area contributed by atoms with Crippen LogP contribution in [-0.4, -0.2) is 22.3 Å². The van der Waals surface area contributed by atoms with Crippen molar-refractivity contribution in [3.05, 3.63) is 58.4 Å². The van der Waals surface area contributed by atoms with Gasteiger partial charge in [-0.05, 0) is 48.2 Å². The van der Waals surface area contributed by atoms with Crippen LogP contribution in [0, 0.1) is 0 Å². The van der Waals surface area contributed by atoms with Gasteiger partial charge in [-0.2, -0.15) is 0 Å². The lowest BCUT2D eigenvalue weighted by Crippen LogP contribution is -2.39. The van der Waals surface area contributed by atoms with Crippen molar-refractivity contribution in [2.75, 3.05) is 6.54 Å². The Balaban J connectivity index is 1.60. The van der Waals surface area contributed by atoms with Crippen molar-refractivity contribution in [3.8, 4) is 0 Å². The van der Waals surface area contributed by atoms with Crippen LogP contribution < -0.4 is 0 Å². The molecule has 118 valence electrons. The highest BCUT2D eigenvalue weighted by Crippen LogP contribution is 2.32. The molecular formula is C19H20N2OS. The zero-order valence-electron chi connectivity index (χ0n) is 13.0. The van der Waals surface area contributed by atoms with Crippen molar-refractivity contribution < 1.29 is 4.79 Å². The summed E-state index contributed by atoms with van der Waals surface area (Å²) in [6.07, 6.45) is 3.85. The Bertz CT molecular complexity index is 773. The molecule has 0 radical (unpaired) electrons. The van der Waals surface area contributed by atoms with Gasteiger partial charge in [0.1, 0.15) is 0 Å². The van der Waals surface area contributed by atoms with Gasteiger partial charge in [-0.3, -0.25) is 4.79 Å². The summed E-state index contributed by atoms with van der Waals surface area (Å²) in [5, 5.41) is 3.26. The summed E-state index contributed by atoms with van der Waals surface area (Å²) in [7, 11) is 0. The fraction of sp³-hybridized carbons (Fsp3) is 0.316. The van der Waals surface area contributed by atoms with Gasteiger partial charge in [0.15, 0.2) is 0 Å². The van der Waals surface area contributed by atoms with Crippen LogP contribution >= 0.6 is 11.3 Å². The topological polar surface area (TPSA) is 36.1 Å². The second-order valence-electron chi connectivity index (χ2n) is 6.17. The molecule has 2 aromatic heterocycles. The fourth-order valence-corrected chi connectivity index (χ4v) is 4.19. The maximum Gasteiger partial charge on any atom is 0.228 e. The van der Waals surface area contributed by atoms with Crippen molar-refractivity contribution >= 4 is 28.1 Å². The first kappa shape index (κ1) is 14.5. The average molecular weight is 324 g/mol. The number of amides is 1. The molecular weight excluding hydrogens is 304 g/mol. The summed E-state index contributed by atoms with van der Waals surface area (Å²) in [5.41, 5.74) is 2.32. The molecule has 4 rings (SSSR count). The zero-order valence-corrected chi connectivity index (χ0v) is 13.8. The Hall–Kier alpha value is -2.07. The Labute approximate surface area is 139 Å². The molecule has 0 bridgehead atoms. The number of rotatable bonds is 3. The van der Waals surface area contributed by atoms with E-state index in [0.29, 0.717) is 6.42 Å². The molecule has 1 aromatic carbocycles. The predicted molar refractivity (Wildman–Crippen MR) is 94.6 cm³/mol. The minimum Gasteiger partial charge on any atom is -0.357 e. The lowest BCUT2D eigenvalue weighted by molar-refractivity contribution is -0.134. The van der Waals surface area contributed by atoms with Crippen LogP contribution in [0.15, 0.2) is 47.8 Å². The van der Waals surface area contributed by atoms with Gasteiger partial charge >= 0.3 is 0 Å². The van der Waals surface area contributed by atoms with E-state index in [1.165, 1.54) is 17.5 Å². The summed E-state index contributed by atoms with van der Waals surface area (Å²) in [6.45, 7) is 0.865. The number of nitrogens with zero attached hydrogens (tertiary/aromatic N) is 1. The summed E-state index contributed by atoms with van der Waals surface area (Å²) < 4.78 is 0. The number of aromatic amines is 1. The van der Waals surface area contributed by atoms with E-state index in [9.17, 15) is 4.79 Å². The predicted octanol–water partition coefficient (Wildman–Crippen LogP) is 4.53. The van der Waals surface area contributed by atoms with Gasteiger partial charge in [-0.15, -0.1) is 11.3 Å². The standard InChI is InChI=1S/C19H20N2OS/c22-19(13-15-7-5-11-23-15)21-10-4-3-9-18(21)17-12-14-6-1-2-8-16(14)20-17/h1-2,5-8,11-12,18,20H,3-4,9-10,13H2. The molecule has 0 aliphatic carbocycles. The van der Waals surface area contributed by atoms with E-state index < -0.39 is 0 Å². The molecule has 23 heavy (non-hydrogen) atoms. The molecule has 4 heteroatoms. The number of carbonyl (C=O) groups excluding carboxylic acids is 1. The van der Waals surface area contributed by atoms with Crippen LogP contribution in [0.25, 0.3) is 10.9 Å². The third-order valence-corrected chi connectivity index (χ3v) is 5.51. The van der Waals surface area contributed by atoms with Gasteiger partial charge in [0.2, 0.25) is 5.91 Å². The van der Waals surface area contributed by atoms with Gasteiger partial charge in [-0.25, -0.2) is 0 Å². The molecule has 1 amide bonds. The van der Waals surface area contributed by atoms with E-state index in [2.05, 4.69) is 34.1 Å². The number of para-hydroxylation sites is 1. The lowest BCUT2D eigenvalue weighted by Gasteiger charge is -2.35. The molecule has 1 saturated heterocycles. The number of hydrogen-bond donors (Lipinski definition) is 1. The van der Waals surface area contributed by atoms with Crippen molar-refractivity contribution in [2.45, 2.75) is 31.7 Å². The summed E-state index contributed by atoms with van der Waals surface area (Å²) >= 11 is 1.66. The SMILES string of the molecule is O=C(Cc1cccs1)N1CCCCC1c1cc2ccccc2[nH]1. The molecule has 0 saturated carbocycles. The maximum atomic E-state index is 12.8. The van der Waals surface area contributed by atoms with E-state index in [0.717, 1.165) is 29.8 Å². The first-order valence-electron chi connectivity index (χ1n) is 8.21. The molecule has 0 spiro atoms. The molecule has 1 aliphatic heterocycles. The second kappa shape index (κ2) is 6.20. The smallest absolute Gasteiger partial charge is 0.228 e. The third-order valence-electron chi connectivity index (χ3n) is 4.64. The molecule has 1 aliphatic rings. The summed E-state index contributed by atoms with van der Waals surface area (Å²) in [6, 6.07) is 14.8. The average Bonchev–Trinajstić information content (AvgIpc) is 3.23. The van der Waals surface area contributed by atoms with Crippen LogP contribution in [0.3, 0.4) is 0 Å². The number of H-pyrrole nitrogens is 1. The van der Waals surface area contributed by atoms with Crippen molar-refractivity contribution in [1.82, 2.24) is 9.88 Å². The normalized spacial score (nSPS) is 18.4.